The first-order chi connectivity index (χ1) is 10.8. The van der Waals surface area contributed by atoms with Crippen molar-refractivity contribution in [1.29, 1.82) is 0 Å². The molecule has 3 aromatic rings. The molecule has 3 rings (SSSR count). The summed E-state index contributed by atoms with van der Waals surface area (Å²) in [5, 5.41) is 6.11. The highest BCUT2D eigenvalue weighted by molar-refractivity contribution is 7.17. The van der Waals surface area contributed by atoms with Gasteiger partial charge in [0.2, 0.25) is 0 Å². The molecule has 0 saturated carbocycles. The molecule has 0 bridgehead atoms. The Labute approximate surface area is 133 Å². The van der Waals surface area contributed by atoms with Crippen LogP contribution in [-0.2, 0) is 0 Å². The predicted molar refractivity (Wildman–Crippen MR) is 90.1 cm³/mol. The van der Waals surface area contributed by atoms with Crippen molar-refractivity contribution in [2.75, 3.05) is 13.6 Å². The zero-order chi connectivity index (χ0) is 15.4. The van der Waals surface area contributed by atoms with Gasteiger partial charge in [-0.15, -0.1) is 11.3 Å². The zero-order valence-electron chi connectivity index (χ0n) is 12.4. The number of hydrogen-bond donors (Lipinski definition) is 1. The van der Waals surface area contributed by atoms with Gasteiger partial charge < -0.3 is 10.1 Å². The van der Waals surface area contributed by atoms with E-state index in [2.05, 4.69) is 5.32 Å². The van der Waals surface area contributed by atoms with Gasteiger partial charge in [0.15, 0.2) is 11.6 Å². The lowest BCUT2D eigenvalue weighted by Crippen LogP contribution is -2.16. The van der Waals surface area contributed by atoms with Gasteiger partial charge in [-0.25, -0.2) is 4.39 Å². The third-order valence-corrected chi connectivity index (χ3v) is 4.55. The van der Waals surface area contributed by atoms with Crippen LogP contribution >= 0.6 is 11.3 Å². The monoisotopic (exact) mass is 315 g/mol. The minimum absolute atomic E-state index is 0.171. The van der Waals surface area contributed by atoms with Crippen LogP contribution in [0.4, 0.5) is 4.39 Å². The molecule has 1 atom stereocenters. The number of rotatable bonds is 6. The summed E-state index contributed by atoms with van der Waals surface area (Å²) in [5.74, 6) is 0.0535. The van der Waals surface area contributed by atoms with Gasteiger partial charge >= 0.3 is 0 Å². The van der Waals surface area contributed by atoms with Gasteiger partial charge in [0.25, 0.3) is 0 Å². The third kappa shape index (κ3) is 3.13. The molecule has 0 aliphatic heterocycles. The van der Waals surface area contributed by atoms with Gasteiger partial charge in [-0.05, 0) is 42.1 Å². The molecular formula is C18H18FNOS. The molecule has 0 aliphatic carbocycles. The first-order valence-corrected chi connectivity index (χ1v) is 8.19. The average Bonchev–Trinajstić information content (AvgIpc) is 3.03. The molecule has 114 valence electrons. The van der Waals surface area contributed by atoms with E-state index in [1.165, 1.54) is 17.4 Å². The fourth-order valence-electron chi connectivity index (χ4n) is 2.47. The van der Waals surface area contributed by atoms with Crippen LogP contribution in [0.2, 0.25) is 0 Å². The van der Waals surface area contributed by atoms with E-state index in [1.54, 1.807) is 6.07 Å². The minimum atomic E-state index is -0.305. The van der Waals surface area contributed by atoms with E-state index in [0.717, 1.165) is 28.6 Å². The van der Waals surface area contributed by atoms with Crippen molar-refractivity contribution in [2.45, 2.75) is 12.5 Å². The summed E-state index contributed by atoms with van der Waals surface area (Å²) < 4.78 is 21.2. The summed E-state index contributed by atoms with van der Waals surface area (Å²) >= 11 is 1.51. The van der Waals surface area contributed by atoms with Crippen molar-refractivity contribution in [3.8, 4) is 5.75 Å². The molecular weight excluding hydrogens is 297 g/mol. The smallest absolute Gasteiger partial charge is 0.173 e. The number of halogens is 1. The van der Waals surface area contributed by atoms with Gasteiger partial charge in [0, 0.05) is 6.42 Å². The minimum Gasteiger partial charge on any atom is -0.481 e. The lowest BCUT2D eigenvalue weighted by atomic mass is 10.1. The first-order valence-electron chi connectivity index (χ1n) is 7.31. The van der Waals surface area contributed by atoms with Gasteiger partial charge in [0.1, 0.15) is 6.10 Å². The molecule has 0 aliphatic rings. The van der Waals surface area contributed by atoms with Gasteiger partial charge in [-0.3, -0.25) is 0 Å². The standard InChI is InChI=1S/C18H18FNOS/c1-20-11-9-16(13-5-3-2-4-6-13)21-17-15(19)8-7-14-10-12-22-18(14)17/h2-8,10,12,16,20H,9,11H2,1H3/t16-/m0/s1. The predicted octanol–water partition coefficient (Wildman–Crippen LogP) is 4.77. The van der Waals surface area contributed by atoms with Crippen LogP contribution in [0.1, 0.15) is 18.1 Å². The molecule has 4 heteroatoms. The SMILES string of the molecule is CNCC[C@H](Oc1c(F)ccc2ccsc12)c1ccccc1. The highest BCUT2D eigenvalue weighted by atomic mass is 32.1. The van der Waals surface area contributed by atoms with Crippen LogP contribution in [0.3, 0.4) is 0 Å². The average molecular weight is 315 g/mol. The maximum atomic E-state index is 14.3. The van der Waals surface area contributed by atoms with Gasteiger partial charge in [-0.1, -0.05) is 36.4 Å². The van der Waals surface area contributed by atoms with Gasteiger partial charge in [-0.2, -0.15) is 0 Å². The van der Waals surface area contributed by atoms with E-state index >= 15 is 0 Å². The van der Waals surface area contributed by atoms with Crippen molar-refractivity contribution in [3.05, 3.63) is 65.3 Å². The van der Waals surface area contributed by atoms with Crippen LogP contribution in [0.15, 0.2) is 53.9 Å². The van der Waals surface area contributed by atoms with Crippen molar-refractivity contribution in [2.24, 2.45) is 0 Å². The Morgan fingerprint density at radius 1 is 1.14 bits per heavy atom. The fourth-order valence-corrected chi connectivity index (χ4v) is 3.35. The third-order valence-electron chi connectivity index (χ3n) is 3.62. The summed E-state index contributed by atoms with van der Waals surface area (Å²) in [7, 11) is 1.91. The summed E-state index contributed by atoms with van der Waals surface area (Å²) in [5.41, 5.74) is 1.06. The molecule has 22 heavy (non-hydrogen) atoms. The van der Waals surface area contributed by atoms with E-state index in [-0.39, 0.29) is 11.9 Å². The number of fused-ring (bicyclic) bond motifs is 1. The van der Waals surface area contributed by atoms with Crippen LogP contribution in [0, 0.1) is 5.82 Å². The molecule has 0 unspecified atom stereocenters. The van der Waals surface area contributed by atoms with Crippen LogP contribution in [-0.4, -0.2) is 13.6 Å². The molecule has 1 N–H and O–H groups in total. The van der Waals surface area contributed by atoms with Crippen LogP contribution < -0.4 is 10.1 Å². The van der Waals surface area contributed by atoms with Crippen molar-refractivity contribution < 1.29 is 9.13 Å². The van der Waals surface area contributed by atoms with E-state index < -0.39 is 0 Å². The van der Waals surface area contributed by atoms with Crippen molar-refractivity contribution in [1.82, 2.24) is 5.32 Å². The molecule has 0 fully saturated rings. The Hall–Kier alpha value is -1.91. The highest BCUT2D eigenvalue weighted by Crippen LogP contribution is 2.36. The normalized spacial score (nSPS) is 12.5. The van der Waals surface area contributed by atoms with Crippen LogP contribution in [0.5, 0.6) is 5.75 Å². The maximum Gasteiger partial charge on any atom is 0.173 e. The van der Waals surface area contributed by atoms with Crippen LogP contribution in [0.25, 0.3) is 10.1 Å². The number of ether oxygens (including phenoxy) is 1. The lowest BCUT2D eigenvalue weighted by Gasteiger charge is -2.20. The second kappa shape index (κ2) is 6.90. The zero-order valence-corrected chi connectivity index (χ0v) is 13.2. The number of nitrogens with one attached hydrogen (secondary N) is 1. The number of thiophene rings is 1. The highest BCUT2D eigenvalue weighted by Gasteiger charge is 2.18. The fraction of sp³-hybridized carbons (Fsp3) is 0.222. The Morgan fingerprint density at radius 3 is 2.73 bits per heavy atom. The molecule has 1 heterocycles. The maximum absolute atomic E-state index is 14.3. The number of hydrogen-bond acceptors (Lipinski definition) is 3. The summed E-state index contributed by atoms with van der Waals surface area (Å²) in [4.78, 5) is 0. The molecule has 0 spiro atoms. The topological polar surface area (TPSA) is 21.3 Å². The van der Waals surface area contributed by atoms with E-state index in [1.807, 2.05) is 48.8 Å². The molecule has 0 radical (unpaired) electrons. The Bertz CT molecular complexity index is 741. The quantitative estimate of drug-likeness (QED) is 0.707. The van der Waals surface area contributed by atoms with Crippen molar-refractivity contribution in [3.63, 3.8) is 0 Å². The molecule has 0 amide bonds. The van der Waals surface area contributed by atoms with E-state index in [4.69, 9.17) is 4.74 Å². The summed E-state index contributed by atoms with van der Waals surface area (Å²) in [6.07, 6.45) is 0.609. The molecule has 2 nitrogen and oxygen atoms in total. The van der Waals surface area contributed by atoms with Crippen molar-refractivity contribution >= 4 is 21.4 Å². The summed E-state index contributed by atoms with van der Waals surface area (Å²) in [6.45, 7) is 0.807. The largest absolute Gasteiger partial charge is 0.481 e. The summed E-state index contributed by atoms with van der Waals surface area (Å²) in [6, 6.07) is 15.2. The lowest BCUT2D eigenvalue weighted by molar-refractivity contribution is 0.189. The van der Waals surface area contributed by atoms with Gasteiger partial charge in [0.05, 0.1) is 4.70 Å². The first kappa shape index (κ1) is 15.0. The Balaban J connectivity index is 1.95. The second-order valence-electron chi connectivity index (χ2n) is 5.12. The number of benzene rings is 2. The molecule has 2 aromatic carbocycles. The van der Waals surface area contributed by atoms with E-state index in [9.17, 15) is 4.39 Å². The Kier molecular flexibility index (Phi) is 4.71. The van der Waals surface area contributed by atoms with E-state index in [0.29, 0.717) is 5.75 Å². The molecule has 0 saturated heterocycles. The Morgan fingerprint density at radius 2 is 1.95 bits per heavy atom. The second-order valence-corrected chi connectivity index (χ2v) is 6.04. The molecule has 1 aromatic heterocycles.